The maximum atomic E-state index is 11.6. The molecule has 4 aliphatic heterocycles. The summed E-state index contributed by atoms with van der Waals surface area (Å²) in [7, 11) is 0. The molecule has 0 aromatic heterocycles. The normalized spacial score (nSPS) is 31.7. The second-order valence-electron chi connectivity index (χ2n) is 9.86. The largest absolute Gasteiger partial charge is 0.492 e. The van der Waals surface area contributed by atoms with Crippen molar-refractivity contribution in [3.63, 3.8) is 0 Å². The first-order valence-electron chi connectivity index (χ1n) is 12.3. The summed E-state index contributed by atoms with van der Waals surface area (Å²) in [6, 6.07) is 8.73. The fraction of sp³-hybridized carbons (Fsp3) is 0.462. The van der Waals surface area contributed by atoms with Gasteiger partial charge in [-0.3, -0.25) is 9.59 Å². The molecule has 0 amide bonds. The number of aliphatic carboxylic acids is 1. The molecule has 4 aliphatic rings. The van der Waals surface area contributed by atoms with Gasteiger partial charge in [0.05, 0.1) is 12.5 Å². The van der Waals surface area contributed by atoms with Gasteiger partial charge in [0.15, 0.2) is 11.5 Å². The van der Waals surface area contributed by atoms with Crippen molar-refractivity contribution in [1.82, 2.24) is 0 Å². The van der Waals surface area contributed by atoms with Crippen LogP contribution in [0.1, 0.15) is 30.4 Å². The zero-order chi connectivity index (χ0) is 27.5. The fourth-order valence-electron chi connectivity index (χ4n) is 5.30. The number of fused-ring (bicyclic) bond motifs is 6. The number of carboxylic acids is 1. The lowest BCUT2D eigenvalue weighted by atomic mass is 9.79. The molecule has 13 heteroatoms. The number of carbonyl (C=O) groups excluding carboxylic acids is 1. The number of rotatable bonds is 6. The minimum atomic E-state index is -1.68. The quantitative estimate of drug-likeness (QED) is 0.289. The van der Waals surface area contributed by atoms with Crippen molar-refractivity contribution in [3.8, 4) is 28.7 Å². The molecule has 0 saturated carbocycles. The van der Waals surface area contributed by atoms with E-state index in [1.807, 2.05) is 19.1 Å². The summed E-state index contributed by atoms with van der Waals surface area (Å²) in [5, 5.41) is 39.7. The third kappa shape index (κ3) is 4.36. The van der Waals surface area contributed by atoms with E-state index in [-0.39, 0.29) is 18.5 Å². The zero-order valence-electron chi connectivity index (χ0n) is 20.6. The standard InChI is InChI=1S/C26H26O13/c1-26-13-3-2-11(37-25-24(32)23(31)22(30)19(38-25)9-34-21(29)7-20(27)28)4-16(13)33-8-14(26)12-5-17-18(36-10-35-17)6-15(12)39-26/h2-6,14,19,22-25,30-32H,7-10H2,1H3,(H,27,28)/t14-,19+,22+,23-,24+,25+,26-/m0/s1. The van der Waals surface area contributed by atoms with E-state index in [0.29, 0.717) is 29.6 Å². The Bertz CT molecular complexity index is 1310. The molecule has 39 heavy (non-hydrogen) atoms. The highest BCUT2D eigenvalue weighted by Crippen LogP contribution is 2.57. The molecular weight excluding hydrogens is 520 g/mol. The van der Waals surface area contributed by atoms with Crippen LogP contribution in [0.3, 0.4) is 0 Å². The van der Waals surface area contributed by atoms with Crippen LogP contribution in [0, 0.1) is 0 Å². The van der Waals surface area contributed by atoms with E-state index in [9.17, 15) is 24.9 Å². The number of carbonyl (C=O) groups is 2. The van der Waals surface area contributed by atoms with Gasteiger partial charge in [0.25, 0.3) is 0 Å². The van der Waals surface area contributed by atoms with Gasteiger partial charge in [0, 0.05) is 23.3 Å². The molecule has 7 atom stereocenters. The SMILES string of the molecule is C[C@@]12Oc3cc4c(cc3[C@@H]1COc1cc(O[C@@H]3O[C@H](COC(=O)CC(=O)O)[C@@H](O)[C@H](O)[C@H]3O)ccc12)OCO4. The van der Waals surface area contributed by atoms with Gasteiger partial charge in [-0.2, -0.15) is 0 Å². The van der Waals surface area contributed by atoms with Gasteiger partial charge in [0.1, 0.15) is 60.3 Å². The average Bonchev–Trinajstić information content (AvgIpc) is 3.46. The van der Waals surface area contributed by atoms with Crippen molar-refractivity contribution in [3.05, 3.63) is 41.5 Å². The predicted octanol–water partition coefficient (Wildman–Crippen LogP) is 0.403. The summed E-state index contributed by atoms with van der Waals surface area (Å²) < 4.78 is 39.6. The Morgan fingerprint density at radius 3 is 2.51 bits per heavy atom. The maximum Gasteiger partial charge on any atom is 0.317 e. The number of carboxylic acid groups (broad SMARTS) is 1. The Morgan fingerprint density at radius 2 is 1.74 bits per heavy atom. The monoisotopic (exact) mass is 546 g/mol. The molecule has 13 nitrogen and oxygen atoms in total. The molecular formula is C26H26O13. The molecule has 4 heterocycles. The Hall–Kier alpha value is -3.78. The van der Waals surface area contributed by atoms with Crippen LogP contribution in [0.4, 0.5) is 0 Å². The molecule has 4 N–H and O–H groups in total. The average molecular weight is 546 g/mol. The Morgan fingerprint density at radius 1 is 0.974 bits per heavy atom. The van der Waals surface area contributed by atoms with Crippen molar-refractivity contribution < 1.29 is 63.2 Å². The van der Waals surface area contributed by atoms with Crippen LogP contribution >= 0.6 is 0 Å². The van der Waals surface area contributed by atoms with Crippen molar-refractivity contribution >= 4 is 11.9 Å². The molecule has 208 valence electrons. The first-order valence-corrected chi connectivity index (χ1v) is 12.3. The lowest BCUT2D eigenvalue weighted by molar-refractivity contribution is -0.278. The van der Waals surface area contributed by atoms with Crippen molar-refractivity contribution in [2.24, 2.45) is 0 Å². The van der Waals surface area contributed by atoms with Gasteiger partial charge < -0.3 is 53.6 Å². The molecule has 0 bridgehead atoms. The summed E-state index contributed by atoms with van der Waals surface area (Å²) >= 11 is 0. The number of esters is 1. The highest BCUT2D eigenvalue weighted by atomic mass is 16.7. The van der Waals surface area contributed by atoms with E-state index in [0.717, 1.165) is 11.1 Å². The number of hydrogen-bond donors (Lipinski definition) is 4. The number of aliphatic hydroxyl groups excluding tert-OH is 3. The van der Waals surface area contributed by atoms with E-state index < -0.39 is 61.3 Å². The molecule has 0 aliphatic carbocycles. The smallest absolute Gasteiger partial charge is 0.317 e. The number of aliphatic hydroxyl groups is 3. The summed E-state index contributed by atoms with van der Waals surface area (Å²) in [4.78, 5) is 22.2. The molecule has 2 aromatic rings. The van der Waals surface area contributed by atoms with Crippen LogP contribution < -0.4 is 23.7 Å². The predicted molar refractivity (Wildman–Crippen MR) is 126 cm³/mol. The Balaban J connectivity index is 1.18. The molecule has 0 radical (unpaired) electrons. The molecule has 1 fully saturated rings. The maximum absolute atomic E-state index is 11.6. The third-order valence-corrected chi connectivity index (χ3v) is 7.39. The van der Waals surface area contributed by atoms with Gasteiger partial charge in [-0.25, -0.2) is 0 Å². The van der Waals surface area contributed by atoms with Gasteiger partial charge in [0.2, 0.25) is 13.1 Å². The summed E-state index contributed by atoms with van der Waals surface area (Å²) in [5.74, 6) is 0.158. The molecule has 0 unspecified atom stereocenters. The van der Waals surface area contributed by atoms with Gasteiger partial charge in [-0.15, -0.1) is 0 Å². The Labute approximate surface area is 221 Å². The van der Waals surface area contributed by atoms with Crippen LogP contribution in [0.5, 0.6) is 28.7 Å². The van der Waals surface area contributed by atoms with Gasteiger partial charge in [-0.05, 0) is 25.1 Å². The lowest BCUT2D eigenvalue weighted by Crippen LogP contribution is -2.60. The third-order valence-electron chi connectivity index (χ3n) is 7.39. The van der Waals surface area contributed by atoms with Crippen LogP contribution in [0.25, 0.3) is 0 Å². The molecule has 6 rings (SSSR count). The topological polar surface area (TPSA) is 180 Å². The summed E-state index contributed by atoms with van der Waals surface area (Å²) in [6.07, 6.45) is -8.52. The highest BCUT2D eigenvalue weighted by Gasteiger charge is 2.52. The first kappa shape index (κ1) is 25.5. The van der Waals surface area contributed by atoms with Crippen LogP contribution in [0.2, 0.25) is 0 Å². The van der Waals surface area contributed by atoms with Crippen LogP contribution in [0.15, 0.2) is 30.3 Å². The van der Waals surface area contributed by atoms with Crippen molar-refractivity contribution in [1.29, 1.82) is 0 Å². The fourth-order valence-corrected chi connectivity index (χ4v) is 5.30. The van der Waals surface area contributed by atoms with E-state index in [1.54, 1.807) is 18.2 Å². The van der Waals surface area contributed by atoms with Crippen LogP contribution in [-0.4, -0.2) is 83.1 Å². The van der Waals surface area contributed by atoms with Crippen LogP contribution in [-0.2, 0) is 24.7 Å². The first-order chi connectivity index (χ1) is 18.6. The van der Waals surface area contributed by atoms with E-state index in [1.165, 1.54) is 0 Å². The number of benzene rings is 2. The van der Waals surface area contributed by atoms with Crippen molar-refractivity contribution in [2.75, 3.05) is 20.0 Å². The van der Waals surface area contributed by atoms with E-state index >= 15 is 0 Å². The minimum Gasteiger partial charge on any atom is -0.492 e. The zero-order valence-corrected chi connectivity index (χ0v) is 20.6. The summed E-state index contributed by atoms with van der Waals surface area (Å²) in [6.45, 7) is 1.89. The summed E-state index contributed by atoms with van der Waals surface area (Å²) in [5.41, 5.74) is 0.984. The second kappa shape index (κ2) is 9.45. The number of hydrogen-bond acceptors (Lipinski definition) is 12. The molecule has 2 aromatic carbocycles. The molecule has 1 saturated heterocycles. The van der Waals surface area contributed by atoms with E-state index in [4.69, 9.17) is 38.3 Å². The van der Waals surface area contributed by atoms with E-state index in [2.05, 4.69) is 0 Å². The number of ether oxygens (including phenoxy) is 7. The van der Waals surface area contributed by atoms with Crippen molar-refractivity contribution in [2.45, 2.75) is 55.6 Å². The van der Waals surface area contributed by atoms with Gasteiger partial charge >= 0.3 is 11.9 Å². The second-order valence-corrected chi connectivity index (χ2v) is 9.86. The Kier molecular flexibility index (Phi) is 6.18. The minimum absolute atomic E-state index is 0.106. The molecule has 0 spiro atoms. The highest BCUT2D eigenvalue weighted by molar-refractivity contribution is 5.90. The van der Waals surface area contributed by atoms with Gasteiger partial charge in [-0.1, -0.05) is 0 Å². The lowest BCUT2D eigenvalue weighted by Gasteiger charge is -2.40.